The molecule has 3 N–H and O–H groups in total. The average Bonchev–Trinajstić information content (AvgIpc) is 3.11. The molecule has 0 radical (unpaired) electrons. The molecule has 2 aromatic heterocycles. The fourth-order valence-electron chi connectivity index (χ4n) is 2.78. The van der Waals surface area contributed by atoms with Crippen LogP contribution in [0.3, 0.4) is 0 Å². The van der Waals surface area contributed by atoms with E-state index in [4.69, 9.17) is 4.74 Å². The second-order valence-corrected chi connectivity index (χ2v) is 5.96. The summed E-state index contributed by atoms with van der Waals surface area (Å²) >= 11 is 0. The lowest BCUT2D eigenvalue weighted by Crippen LogP contribution is -2.18. The summed E-state index contributed by atoms with van der Waals surface area (Å²) in [4.78, 5) is 22.8. The van der Waals surface area contributed by atoms with Crippen molar-refractivity contribution >= 4 is 17.0 Å². The van der Waals surface area contributed by atoms with Crippen LogP contribution in [0.1, 0.15) is 5.82 Å². The summed E-state index contributed by atoms with van der Waals surface area (Å²) in [6, 6.07) is 15.0. The van der Waals surface area contributed by atoms with E-state index < -0.39 is 0 Å². The summed E-state index contributed by atoms with van der Waals surface area (Å²) in [6.45, 7) is 0.562. The highest BCUT2D eigenvalue weighted by Crippen LogP contribution is 2.17. The SMILES string of the molecule is COc1ccc(-c2nnc(NCCc3nc4ccccc4[nH]3)[nH]c2=O)cc1. The van der Waals surface area contributed by atoms with Gasteiger partial charge in [-0.05, 0) is 36.4 Å². The summed E-state index contributed by atoms with van der Waals surface area (Å²) in [7, 11) is 1.59. The van der Waals surface area contributed by atoms with Gasteiger partial charge < -0.3 is 15.0 Å². The number of methoxy groups -OCH3 is 1. The number of benzene rings is 2. The van der Waals surface area contributed by atoms with Crippen LogP contribution in [0.15, 0.2) is 53.3 Å². The molecule has 2 heterocycles. The highest BCUT2D eigenvalue weighted by Gasteiger charge is 2.08. The van der Waals surface area contributed by atoms with Gasteiger partial charge in [0.15, 0.2) is 5.69 Å². The fourth-order valence-corrected chi connectivity index (χ4v) is 2.78. The molecule has 0 saturated carbocycles. The molecule has 0 aliphatic carbocycles. The van der Waals surface area contributed by atoms with Crippen molar-refractivity contribution in [2.75, 3.05) is 19.0 Å². The molecule has 8 heteroatoms. The molecular weight excluding hydrogens is 344 g/mol. The van der Waals surface area contributed by atoms with Gasteiger partial charge in [-0.3, -0.25) is 9.78 Å². The molecule has 4 aromatic rings. The normalized spacial score (nSPS) is 10.9. The van der Waals surface area contributed by atoms with Crippen LogP contribution in [-0.4, -0.2) is 38.8 Å². The maximum absolute atomic E-state index is 12.3. The van der Waals surface area contributed by atoms with Crippen molar-refractivity contribution in [1.29, 1.82) is 0 Å². The van der Waals surface area contributed by atoms with E-state index in [1.165, 1.54) is 0 Å². The number of aromatic nitrogens is 5. The van der Waals surface area contributed by atoms with E-state index in [2.05, 4.69) is 30.5 Å². The molecule has 0 atom stereocenters. The molecule has 136 valence electrons. The van der Waals surface area contributed by atoms with Crippen LogP contribution < -0.4 is 15.6 Å². The highest BCUT2D eigenvalue weighted by atomic mass is 16.5. The Balaban J connectivity index is 1.42. The van der Waals surface area contributed by atoms with Gasteiger partial charge in [-0.25, -0.2) is 4.98 Å². The highest BCUT2D eigenvalue weighted by molar-refractivity contribution is 5.74. The van der Waals surface area contributed by atoms with Crippen molar-refractivity contribution in [2.24, 2.45) is 0 Å². The standard InChI is InChI=1S/C19H18N6O2/c1-27-13-8-6-12(7-9-13)17-18(26)23-19(25-24-17)20-11-10-16-21-14-4-2-3-5-15(14)22-16/h2-9H,10-11H2,1H3,(H,21,22)(H2,20,23,25,26). The molecule has 8 nitrogen and oxygen atoms in total. The first kappa shape index (κ1) is 16.8. The van der Waals surface area contributed by atoms with Crippen LogP contribution in [0.25, 0.3) is 22.3 Å². The summed E-state index contributed by atoms with van der Waals surface area (Å²) in [5.74, 6) is 1.91. The van der Waals surface area contributed by atoms with Gasteiger partial charge in [0.2, 0.25) is 5.95 Å². The second-order valence-electron chi connectivity index (χ2n) is 5.96. The minimum Gasteiger partial charge on any atom is -0.497 e. The quantitative estimate of drug-likeness (QED) is 0.486. The Hall–Kier alpha value is -3.68. The molecule has 0 saturated heterocycles. The minimum atomic E-state index is -0.304. The molecule has 0 amide bonds. The number of nitrogens with one attached hydrogen (secondary N) is 3. The number of aromatic amines is 2. The van der Waals surface area contributed by atoms with E-state index >= 15 is 0 Å². The van der Waals surface area contributed by atoms with Crippen LogP contribution in [0.5, 0.6) is 5.75 Å². The monoisotopic (exact) mass is 362 g/mol. The fraction of sp³-hybridized carbons (Fsp3) is 0.158. The molecular formula is C19H18N6O2. The van der Waals surface area contributed by atoms with Crippen LogP contribution >= 0.6 is 0 Å². The number of H-pyrrole nitrogens is 2. The maximum atomic E-state index is 12.3. The third-order valence-corrected chi connectivity index (χ3v) is 4.15. The number of rotatable bonds is 6. The number of para-hydroxylation sites is 2. The van der Waals surface area contributed by atoms with Crippen LogP contribution in [-0.2, 0) is 6.42 Å². The number of imidazole rings is 1. The molecule has 0 unspecified atom stereocenters. The predicted octanol–water partition coefficient (Wildman–Crippen LogP) is 2.37. The van der Waals surface area contributed by atoms with E-state index in [-0.39, 0.29) is 11.3 Å². The topological polar surface area (TPSA) is 109 Å². The lowest BCUT2D eigenvalue weighted by atomic mass is 10.1. The lowest BCUT2D eigenvalue weighted by molar-refractivity contribution is 0.415. The predicted molar refractivity (Wildman–Crippen MR) is 103 cm³/mol. The van der Waals surface area contributed by atoms with Gasteiger partial charge in [-0.1, -0.05) is 12.1 Å². The zero-order valence-electron chi connectivity index (χ0n) is 14.7. The Morgan fingerprint density at radius 1 is 1.04 bits per heavy atom. The van der Waals surface area contributed by atoms with E-state index in [0.29, 0.717) is 30.2 Å². The number of hydrogen-bond donors (Lipinski definition) is 3. The molecule has 0 spiro atoms. The molecule has 0 aliphatic rings. The first-order chi connectivity index (χ1) is 13.2. The van der Waals surface area contributed by atoms with Crippen molar-refractivity contribution in [3.8, 4) is 17.0 Å². The molecule has 0 aliphatic heterocycles. The molecule has 4 rings (SSSR count). The maximum Gasteiger partial charge on any atom is 0.279 e. The van der Waals surface area contributed by atoms with Gasteiger partial charge in [-0.2, -0.15) is 0 Å². The Bertz CT molecular complexity index is 1080. The molecule has 27 heavy (non-hydrogen) atoms. The first-order valence-electron chi connectivity index (χ1n) is 8.52. The van der Waals surface area contributed by atoms with Crippen molar-refractivity contribution < 1.29 is 4.74 Å². The van der Waals surface area contributed by atoms with Crippen LogP contribution in [0.4, 0.5) is 5.95 Å². The molecule has 0 bridgehead atoms. The minimum absolute atomic E-state index is 0.264. The third kappa shape index (κ3) is 3.64. The van der Waals surface area contributed by atoms with Gasteiger partial charge in [0, 0.05) is 18.5 Å². The van der Waals surface area contributed by atoms with Crippen molar-refractivity contribution in [3.63, 3.8) is 0 Å². The van der Waals surface area contributed by atoms with Crippen molar-refractivity contribution in [3.05, 3.63) is 64.7 Å². The average molecular weight is 362 g/mol. The third-order valence-electron chi connectivity index (χ3n) is 4.15. The van der Waals surface area contributed by atoms with Gasteiger partial charge in [0.1, 0.15) is 11.6 Å². The number of anilines is 1. The van der Waals surface area contributed by atoms with Gasteiger partial charge in [0.25, 0.3) is 5.56 Å². The second kappa shape index (κ2) is 7.28. The molecule has 0 fully saturated rings. The summed E-state index contributed by atoms with van der Waals surface area (Å²) < 4.78 is 5.11. The van der Waals surface area contributed by atoms with Crippen molar-refractivity contribution in [1.82, 2.24) is 25.1 Å². The van der Waals surface area contributed by atoms with Gasteiger partial charge >= 0.3 is 0 Å². The summed E-state index contributed by atoms with van der Waals surface area (Å²) in [5.41, 5.74) is 2.58. The Morgan fingerprint density at radius 3 is 2.59 bits per heavy atom. The lowest BCUT2D eigenvalue weighted by Gasteiger charge is -2.05. The summed E-state index contributed by atoms with van der Waals surface area (Å²) in [5, 5.41) is 11.2. The number of nitrogens with zero attached hydrogens (tertiary/aromatic N) is 3. The van der Waals surface area contributed by atoms with Gasteiger partial charge in [-0.15, -0.1) is 10.2 Å². The van der Waals surface area contributed by atoms with E-state index in [1.807, 2.05) is 24.3 Å². The molecule has 2 aromatic carbocycles. The van der Waals surface area contributed by atoms with E-state index in [1.54, 1.807) is 31.4 Å². The Kier molecular flexibility index (Phi) is 4.52. The number of fused-ring (bicyclic) bond motifs is 1. The van der Waals surface area contributed by atoms with Crippen molar-refractivity contribution in [2.45, 2.75) is 6.42 Å². The Labute approximate surface area is 154 Å². The zero-order chi connectivity index (χ0) is 18.6. The van der Waals surface area contributed by atoms with E-state index in [0.717, 1.165) is 16.9 Å². The number of hydrogen-bond acceptors (Lipinski definition) is 6. The summed E-state index contributed by atoms with van der Waals surface area (Å²) in [6.07, 6.45) is 0.665. The van der Waals surface area contributed by atoms with Crippen LogP contribution in [0, 0.1) is 0 Å². The number of ether oxygens (including phenoxy) is 1. The largest absolute Gasteiger partial charge is 0.497 e. The van der Waals surface area contributed by atoms with E-state index in [9.17, 15) is 4.79 Å². The zero-order valence-corrected chi connectivity index (χ0v) is 14.7. The smallest absolute Gasteiger partial charge is 0.279 e. The first-order valence-corrected chi connectivity index (χ1v) is 8.52. The van der Waals surface area contributed by atoms with Crippen LogP contribution in [0.2, 0.25) is 0 Å². The van der Waals surface area contributed by atoms with Gasteiger partial charge in [0.05, 0.1) is 18.1 Å². The Morgan fingerprint density at radius 2 is 1.85 bits per heavy atom.